The molecule has 0 bridgehead atoms. The van der Waals surface area contributed by atoms with Crippen molar-refractivity contribution in [3.8, 4) is 0 Å². The van der Waals surface area contributed by atoms with Crippen LogP contribution in [0.2, 0.25) is 0 Å². The van der Waals surface area contributed by atoms with Gasteiger partial charge in [-0.15, -0.1) is 0 Å². The number of nitrogens with one attached hydrogen (secondary N) is 1. The third-order valence-corrected chi connectivity index (χ3v) is 4.96. The zero-order valence-electron chi connectivity index (χ0n) is 8.64. The number of carboxylic acid groups (broad SMARTS) is 1. The summed E-state index contributed by atoms with van der Waals surface area (Å²) >= 11 is 2.90. The molecule has 1 aromatic rings. The van der Waals surface area contributed by atoms with E-state index in [-0.39, 0.29) is 15.6 Å². The van der Waals surface area contributed by atoms with E-state index < -0.39 is 21.8 Å². The normalized spacial score (nSPS) is 16.8. The van der Waals surface area contributed by atoms with Crippen molar-refractivity contribution in [1.29, 1.82) is 0 Å². The van der Waals surface area contributed by atoms with Crippen molar-refractivity contribution in [1.82, 2.24) is 4.72 Å². The van der Waals surface area contributed by atoms with Gasteiger partial charge in [-0.25, -0.2) is 17.9 Å². The summed E-state index contributed by atoms with van der Waals surface area (Å²) in [6, 6.07) is 0.933. The smallest absolute Gasteiger partial charge is 0.371 e. The van der Waals surface area contributed by atoms with E-state index in [2.05, 4.69) is 20.7 Å². The molecule has 1 aromatic heterocycles. The molecule has 1 heterocycles. The highest BCUT2D eigenvalue weighted by Gasteiger charge is 2.29. The summed E-state index contributed by atoms with van der Waals surface area (Å²) in [6.07, 6.45) is 2.61. The van der Waals surface area contributed by atoms with Gasteiger partial charge in [0.05, 0.1) is 0 Å². The van der Waals surface area contributed by atoms with Gasteiger partial charge in [0.2, 0.25) is 15.8 Å². The van der Waals surface area contributed by atoms with Crippen molar-refractivity contribution in [2.45, 2.75) is 30.2 Å². The molecule has 0 radical (unpaired) electrons. The molecule has 17 heavy (non-hydrogen) atoms. The number of hydrogen-bond acceptors (Lipinski definition) is 4. The topological polar surface area (TPSA) is 96.6 Å². The number of furan rings is 1. The molecule has 8 heteroatoms. The van der Waals surface area contributed by atoms with Crippen molar-refractivity contribution >= 4 is 31.9 Å². The van der Waals surface area contributed by atoms with E-state index in [4.69, 9.17) is 9.52 Å². The van der Waals surface area contributed by atoms with Crippen LogP contribution in [0.5, 0.6) is 0 Å². The Kier molecular flexibility index (Phi) is 3.28. The maximum atomic E-state index is 11.9. The fourth-order valence-corrected chi connectivity index (χ4v) is 3.69. The molecule has 1 aliphatic rings. The number of hydrogen-bond donors (Lipinski definition) is 2. The molecule has 0 saturated heterocycles. The van der Waals surface area contributed by atoms with Gasteiger partial charge in [-0.3, -0.25) is 0 Å². The molecule has 0 unspecified atom stereocenters. The summed E-state index contributed by atoms with van der Waals surface area (Å²) in [4.78, 5) is 10.5. The summed E-state index contributed by atoms with van der Waals surface area (Å²) in [7, 11) is -3.72. The molecule has 6 nitrogen and oxygen atoms in total. The Labute approximate surface area is 106 Å². The van der Waals surface area contributed by atoms with Gasteiger partial charge in [0.1, 0.15) is 4.90 Å². The summed E-state index contributed by atoms with van der Waals surface area (Å²) in [5.74, 6) is -1.72. The van der Waals surface area contributed by atoms with E-state index in [1.807, 2.05) is 0 Å². The fourth-order valence-electron chi connectivity index (χ4n) is 1.45. The molecule has 2 N–H and O–H groups in total. The highest BCUT2D eigenvalue weighted by atomic mass is 79.9. The number of carboxylic acids is 1. The summed E-state index contributed by atoms with van der Waals surface area (Å²) in [5, 5.41) is 8.70. The number of sulfonamides is 1. The quantitative estimate of drug-likeness (QED) is 0.876. The van der Waals surface area contributed by atoms with Crippen molar-refractivity contribution in [2.24, 2.45) is 0 Å². The molecule has 1 saturated carbocycles. The lowest BCUT2D eigenvalue weighted by Gasteiger charge is -2.25. The molecule has 0 amide bonds. The molecular formula is C9H10BrNO5S. The molecule has 0 aromatic carbocycles. The Balaban J connectivity index is 2.28. The van der Waals surface area contributed by atoms with E-state index in [9.17, 15) is 13.2 Å². The second kappa shape index (κ2) is 4.43. The Morgan fingerprint density at radius 2 is 2.18 bits per heavy atom. The number of rotatable bonds is 4. The first kappa shape index (κ1) is 12.6. The van der Waals surface area contributed by atoms with Crippen LogP contribution in [0, 0.1) is 0 Å². The van der Waals surface area contributed by atoms with E-state index in [0.717, 1.165) is 25.3 Å². The predicted molar refractivity (Wildman–Crippen MR) is 61.3 cm³/mol. The number of aromatic carboxylic acids is 1. The van der Waals surface area contributed by atoms with E-state index >= 15 is 0 Å². The third-order valence-electron chi connectivity index (χ3n) is 2.58. The molecule has 1 aliphatic carbocycles. The SMILES string of the molecule is O=C(O)c1cc(S(=O)(=O)NC2CCC2)c(Br)o1. The highest BCUT2D eigenvalue weighted by molar-refractivity contribution is 9.10. The Hall–Kier alpha value is -0.860. The molecule has 1 fully saturated rings. The van der Waals surface area contributed by atoms with Crippen molar-refractivity contribution in [3.05, 3.63) is 16.5 Å². The summed E-state index contributed by atoms with van der Waals surface area (Å²) in [6.45, 7) is 0. The molecule has 94 valence electrons. The minimum Gasteiger partial charge on any atom is -0.475 e. The van der Waals surface area contributed by atoms with Crippen LogP contribution >= 0.6 is 15.9 Å². The van der Waals surface area contributed by atoms with Crippen LogP contribution in [0.25, 0.3) is 0 Å². The van der Waals surface area contributed by atoms with E-state index in [1.165, 1.54) is 0 Å². The lowest BCUT2D eigenvalue weighted by atomic mass is 9.94. The second-order valence-corrected chi connectivity index (χ2v) is 6.21. The van der Waals surface area contributed by atoms with Gasteiger partial charge in [-0.2, -0.15) is 0 Å². The van der Waals surface area contributed by atoms with Crippen molar-refractivity contribution in [3.63, 3.8) is 0 Å². The Morgan fingerprint density at radius 3 is 2.59 bits per heavy atom. The van der Waals surface area contributed by atoms with Crippen LogP contribution in [0.1, 0.15) is 29.8 Å². The molecular weight excluding hydrogens is 314 g/mol. The lowest BCUT2D eigenvalue weighted by Crippen LogP contribution is -2.39. The minimum atomic E-state index is -3.72. The molecule has 2 rings (SSSR count). The van der Waals surface area contributed by atoms with Crippen molar-refractivity contribution < 1.29 is 22.7 Å². The van der Waals surface area contributed by atoms with Crippen LogP contribution in [-0.2, 0) is 10.0 Å². The first-order valence-corrected chi connectivity index (χ1v) is 7.23. The van der Waals surface area contributed by atoms with Gasteiger partial charge in [0.25, 0.3) is 0 Å². The zero-order chi connectivity index (χ0) is 12.6. The molecule has 0 aliphatic heterocycles. The standard InChI is InChI=1S/C9H10BrNO5S/c10-8-7(4-6(16-8)9(12)13)17(14,15)11-5-2-1-3-5/h4-5,11H,1-3H2,(H,12,13). The average Bonchev–Trinajstić information content (AvgIpc) is 2.55. The van der Waals surface area contributed by atoms with E-state index in [0.29, 0.717) is 0 Å². The van der Waals surface area contributed by atoms with Crippen molar-refractivity contribution in [2.75, 3.05) is 0 Å². The monoisotopic (exact) mass is 323 g/mol. The van der Waals surface area contributed by atoms with Crippen LogP contribution in [0.3, 0.4) is 0 Å². The molecule has 0 spiro atoms. The third kappa shape index (κ3) is 2.53. The second-order valence-electron chi connectivity index (χ2n) is 3.80. The van der Waals surface area contributed by atoms with Gasteiger partial charge < -0.3 is 9.52 Å². The number of halogens is 1. The van der Waals surface area contributed by atoms with Gasteiger partial charge in [0, 0.05) is 12.1 Å². The fraction of sp³-hybridized carbons (Fsp3) is 0.444. The average molecular weight is 324 g/mol. The maximum absolute atomic E-state index is 11.9. The lowest BCUT2D eigenvalue weighted by molar-refractivity contribution is 0.0661. The van der Waals surface area contributed by atoms with Gasteiger partial charge in [-0.05, 0) is 28.8 Å². The largest absolute Gasteiger partial charge is 0.475 e. The van der Waals surface area contributed by atoms with Crippen LogP contribution in [0.4, 0.5) is 0 Å². The Morgan fingerprint density at radius 1 is 1.53 bits per heavy atom. The Bertz CT molecular complexity index is 546. The first-order valence-electron chi connectivity index (χ1n) is 4.95. The highest BCUT2D eigenvalue weighted by Crippen LogP contribution is 2.28. The minimum absolute atomic E-state index is 0.0601. The van der Waals surface area contributed by atoms with Crippen LogP contribution in [-0.4, -0.2) is 25.5 Å². The van der Waals surface area contributed by atoms with Gasteiger partial charge in [0.15, 0.2) is 4.67 Å². The summed E-state index contributed by atoms with van der Waals surface area (Å²) in [5.41, 5.74) is 0. The molecule has 0 atom stereocenters. The van der Waals surface area contributed by atoms with Gasteiger partial charge in [-0.1, -0.05) is 6.42 Å². The van der Waals surface area contributed by atoms with Gasteiger partial charge >= 0.3 is 5.97 Å². The summed E-state index contributed by atoms with van der Waals surface area (Å²) < 4.78 is 31.0. The van der Waals surface area contributed by atoms with E-state index in [1.54, 1.807) is 0 Å². The predicted octanol–water partition coefficient (Wildman–Crippen LogP) is 1.57. The zero-order valence-corrected chi connectivity index (χ0v) is 11.0. The first-order chi connectivity index (χ1) is 7.90. The number of carbonyl (C=O) groups is 1. The maximum Gasteiger partial charge on any atom is 0.371 e. The van der Waals surface area contributed by atoms with Crippen LogP contribution in [0.15, 0.2) is 20.0 Å². The van der Waals surface area contributed by atoms with Crippen LogP contribution < -0.4 is 4.72 Å².